The number of amides is 2. The number of aliphatic hydroxyl groups excluding tert-OH is 1. The Kier molecular flexibility index (Phi) is 9.93. The van der Waals surface area contributed by atoms with Crippen molar-refractivity contribution < 1.29 is 14.7 Å². The van der Waals surface area contributed by atoms with Gasteiger partial charge in [0, 0.05) is 18.7 Å². The molecule has 0 aliphatic carbocycles. The molecule has 3 N–H and O–H groups in total. The zero-order valence-corrected chi connectivity index (χ0v) is 16.0. The van der Waals surface area contributed by atoms with Crippen LogP contribution < -0.4 is 10.6 Å². The van der Waals surface area contributed by atoms with Crippen molar-refractivity contribution in [3.05, 3.63) is 12.2 Å². The Hall–Kier alpha value is -1.24. The first-order valence-corrected chi connectivity index (χ1v) is 9.48. The Morgan fingerprint density at radius 3 is 2.00 bits per heavy atom. The molecule has 1 unspecified atom stereocenters. The number of carbonyl (C=O) groups excluding carboxylic acids is 2. The van der Waals surface area contributed by atoms with Gasteiger partial charge in [-0.3, -0.25) is 25.1 Å². The summed E-state index contributed by atoms with van der Waals surface area (Å²) in [7, 11) is 0. The summed E-state index contributed by atoms with van der Waals surface area (Å²) in [4.78, 5) is 24.0. The molecule has 1 aliphatic heterocycles. The van der Waals surface area contributed by atoms with Crippen LogP contribution in [0.25, 0.3) is 0 Å². The fourth-order valence-electron chi connectivity index (χ4n) is 2.73. The smallest absolute Gasteiger partial charge is 0.253 e. The van der Waals surface area contributed by atoms with Crippen LogP contribution >= 0.6 is 0 Å². The van der Waals surface area contributed by atoms with Crippen molar-refractivity contribution in [2.24, 2.45) is 5.41 Å². The second-order valence-electron chi connectivity index (χ2n) is 7.90. The number of imide groups is 1. The molecule has 25 heavy (non-hydrogen) atoms. The van der Waals surface area contributed by atoms with Gasteiger partial charge in [-0.1, -0.05) is 40.0 Å². The van der Waals surface area contributed by atoms with Gasteiger partial charge in [-0.15, -0.1) is 0 Å². The van der Waals surface area contributed by atoms with Gasteiger partial charge in [0.15, 0.2) is 6.35 Å². The maximum atomic E-state index is 11.4. The monoisotopic (exact) mass is 353 g/mol. The summed E-state index contributed by atoms with van der Waals surface area (Å²) in [5.74, 6) is -0.410. The van der Waals surface area contributed by atoms with E-state index in [1.165, 1.54) is 29.9 Å². The third kappa shape index (κ3) is 10.4. The van der Waals surface area contributed by atoms with Gasteiger partial charge in [-0.25, -0.2) is 0 Å². The molecule has 1 heterocycles. The van der Waals surface area contributed by atoms with Crippen LogP contribution in [-0.2, 0) is 9.59 Å². The highest BCUT2D eigenvalue weighted by Crippen LogP contribution is 2.21. The first kappa shape index (κ1) is 21.8. The minimum atomic E-state index is -0.652. The van der Waals surface area contributed by atoms with Crippen LogP contribution in [0.5, 0.6) is 0 Å². The minimum Gasteiger partial charge on any atom is -0.365 e. The number of rotatable bonds is 13. The molecule has 0 spiro atoms. The number of hydrogen-bond acceptors (Lipinski definition) is 5. The Labute approximate surface area is 152 Å². The Morgan fingerprint density at radius 2 is 1.44 bits per heavy atom. The highest BCUT2D eigenvalue weighted by Gasteiger charge is 2.22. The van der Waals surface area contributed by atoms with Gasteiger partial charge in [0.25, 0.3) is 11.8 Å². The van der Waals surface area contributed by atoms with E-state index in [4.69, 9.17) is 0 Å². The number of hydrogen-bond donors (Lipinski definition) is 3. The molecule has 1 rings (SSSR count). The van der Waals surface area contributed by atoms with Crippen LogP contribution in [0.1, 0.15) is 65.7 Å². The number of carbonyl (C=O) groups is 2. The summed E-state index contributed by atoms with van der Waals surface area (Å²) >= 11 is 0. The van der Waals surface area contributed by atoms with E-state index < -0.39 is 6.35 Å². The topological polar surface area (TPSA) is 81.7 Å². The van der Waals surface area contributed by atoms with Gasteiger partial charge in [-0.2, -0.15) is 0 Å². The molecule has 0 saturated heterocycles. The SMILES string of the molecule is CC(C)(C)CCCCNC(O)NCCCCCCN1C(=O)C=CC1=O. The molecule has 0 aromatic carbocycles. The predicted molar refractivity (Wildman–Crippen MR) is 99.6 cm³/mol. The third-order valence-corrected chi connectivity index (χ3v) is 4.24. The van der Waals surface area contributed by atoms with Crippen molar-refractivity contribution in [2.45, 2.75) is 72.1 Å². The van der Waals surface area contributed by atoms with Gasteiger partial charge < -0.3 is 5.11 Å². The Balaban J connectivity index is 1.89. The molecule has 0 saturated carbocycles. The van der Waals surface area contributed by atoms with Crippen molar-refractivity contribution >= 4 is 11.8 Å². The highest BCUT2D eigenvalue weighted by atomic mass is 16.3. The lowest BCUT2D eigenvalue weighted by Crippen LogP contribution is -2.42. The number of aliphatic hydroxyl groups is 1. The second-order valence-corrected chi connectivity index (χ2v) is 7.90. The van der Waals surface area contributed by atoms with Gasteiger partial charge in [-0.05, 0) is 44.2 Å². The van der Waals surface area contributed by atoms with Crippen molar-refractivity contribution in [2.75, 3.05) is 19.6 Å². The first-order chi connectivity index (χ1) is 11.8. The Bertz CT molecular complexity index is 426. The van der Waals surface area contributed by atoms with Gasteiger partial charge in [0.2, 0.25) is 0 Å². The Morgan fingerprint density at radius 1 is 0.920 bits per heavy atom. The van der Waals surface area contributed by atoms with E-state index in [-0.39, 0.29) is 11.8 Å². The van der Waals surface area contributed by atoms with Crippen LogP contribution in [0.2, 0.25) is 0 Å². The molecule has 0 fully saturated rings. The van der Waals surface area contributed by atoms with Crippen LogP contribution in [0.15, 0.2) is 12.2 Å². The average Bonchev–Trinajstić information content (AvgIpc) is 2.84. The predicted octanol–water partition coefficient (Wildman–Crippen LogP) is 2.14. The maximum Gasteiger partial charge on any atom is 0.253 e. The molecule has 0 radical (unpaired) electrons. The van der Waals surface area contributed by atoms with E-state index in [0.29, 0.717) is 12.0 Å². The van der Waals surface area contributed by atoms with Crippen molar-refractivity contribution in [1.29, 1.82) is 0 Å². The molecule has 1 aliphatic rings. The summed E-state index contributed by atoms with van der Waals surface area (Å²) in [6.07, 6.45) is 9.19. The van der Waals surface area contributed by atoms with E-state index in [1.54, 1.807) is 0 Å². The fraction of sp³-hybridized carbons (Fsp3) is 0.789. The fourth-order valence-corrected chi connectivity index (χ4v) is 2.73. The van der Waals surface area contributed by atoms with E-state index in [1.807, 2.05) is 0 Å². The van der Waals surface area contributed by atoms with Gasteiger partial charge >= 0.3 is 0 Å². The highest BCUT2D eigenvalue weighted by molar-refractivity contribution is 6.12. The zero-order valence-electron chi connectivity index (χ0n) is 16.0. The van der Waals surface area contributed by atoms with E-state index in [2.05, 4.69) is 31.4 Å². The summed E-state index contributed by atoms with van der Waals surface area (Å²) < 4.78 is 0. The average molecular weight is 354 g/mol. The van der Waals surface area contributed by atoms with Crippen LogP contribution in [-0.4, -0.2) is 47.8 Å². The maximum absolute atomic E-state index is 11.4. The summed E-state index contributed by atoms with van der Waals surface area (Å²) in [5.41, 5.74) is 0.378. The van der Waals surface area contributed by atoms with E-state index in [0.717, 1.165) is 45.2 Å². The summed E-state index contributed by atoms with van der Waals surface area (Å²) in [5, 5.41) is 15.9. The van der Waals surface area contributed by atoms with Gasteiger partial charge in [0.1, 0.15) is 0 Å². The normalized spacial score (nSPS) is 16.1. The molecule has 6 nitrogen and oxygen atoms in total. The lowest BCUT2D eigenvalue weighted by molar-refractivity contribution is -0.136. The minimum absolute atomic E-state index is 0.205. The number of unbranched alkanes of at least 4 members (excludes halogenated alkanes) is 4. The van der Waals surface area contributed by atoms with Crippen LogP contribution in [0, 0.1) is 5.41 Å². The number of nitrogens with zero attached hydrogens (tertiary/aromatic N) is 1. The van der Waals surface area contributed by atoms with E-state index >= 15 is 0 Å². The van der Waals surface area contributed by atoms with Gasteiger partial charge in [0.05, 0.1) is 0 Å². The van der Waals surface area contributed by atoms with Crippen LogP contribution in [0.3, 0.4) is 0 Å². The number of nitrogens with one attached hydrogen (secondary N) is 2. The van der Waals surface area contributed by atoms with Crippen molar-refractivity contribution in [3.63, 3.8) is 0 Å². The van der Waals surface area contributed by atoms with E-state index in [9.17, 15) is 14.7 Å². The first-order valence-electron chi connectivity index (χ1n) is 9.48. The lowest BCUT2D eigenvalue weighted by Gasteiger charge is -2.18. The standard InChI is InChI=1S/C19H35N3O3/c1-19(2,3)12-6-8-14-21-18(25)20-13-7-4-5-9-15-22-16(23)10-11-17(22)24/h10-11,18,20-21,25H,4-9,12-15H2,1-3H3. The molecule has 1 atom stereocenters. The molecular weight excluding hydrogens is 318 g/mol. The van der Waals surface area contributed by atoms with Crippen molar-refractivity contribution in [1.82, 2.24) is 15.5 Å². The quantitative estimate of drug-likeness (QED) is 0.268. The molecule has 0 bridgehead atoms. The molecule has 6 heteroatoms. The largest absolute Gasteiger partial charge is 0.365 e. The molecule has 2 amide bonds. The third-order valence-electron chi connectivity index (χ3n) is 4.24. The summed E-state index contributed by atoms with van der Waals surface area (Å²) in [6, 6.07) is 0. The molecule has 144 valence electrons. The lowest BCUT2D eigenvalue weighted by atomic mass is 9.90. The van der Waals surface area contributed by atoms with Crippen LogP contribution in [0.4, 0.5) is 0 Å². The second kappa shape index (κ2) is 11.4. The molecule has 0 aromatic heterocycles. The van der Waals surface area contributed by atoms with Crippen molar-refractivity contribution in [3.8, 4) is 0 Å². The molecular formula is C19H35N3O3. The summed E-state index contributed by atoms with van der Waals surface area (Å²) in [6.45, 7) is 8.80. The zero-order chi connectivity index (χ0) is 18.7. The molecule has 0 aromatic rings.